The lowest BCUT2D eigenvalue weighted by molar-refractivity contribution is 0.0461. The van der Waals surface area contributed by atoms with E-state index in [1.54, 1.807) is 0 Å². The van der Waals surface area contributed by atoms with E-state index in [1.165, 1.54) is 4.90 Å². The van der Waals surface area contributed by atoms with Gasteiger partial charge in [-0.05, 0) is 18.4 Å². The van der Waals surface area contributed by atoms with Crippen molar-refractivity contribution in [3.05, 3.63) is 35.9 Å². The number of rotatable bonds is 2. The van der Waals surface area contributed by atoms with Crippen LogP contribution in [-0.4, -0.2) is 41.5 Å². The predicted molar refractivity (Wildman–Crippen MR) is 68.3 cm³/mol. The number of ether oxygens (including phenoxy) is 1. The number of aliphatic hydroxyl groups is 1. The first-order valence-electron chi connectivity index (χ1n) is 6.44. The van der Waals surface area contributed by atoms with Crippen LogP contribution in [0.4, 0.5) is 9.18 Å². The summed E-state index contributed by atoms with van der Waals surface area (Å²) in [5, 5.41) is 9.54. The fourth-order valence-corrected chi connectivity index (χ4v) is 2.08. The second-order valence-corrected chi connectivity index (χ2v) is 4.71. The maximum atomic E-state index is 13.3. The van der Waals surface area contributed by atoms with Crippen molar-refractivity contribution in [2.45, 2.75) is 31.7 Å². The van der Waals surface area contributed by atoms with Gasteiger partial charge in [-0.2, -0.15) is 0 Å². The van der Waals surface area contributed by atoms with Crippen molar-refractivity contribution in [3.63, 3.8) is 0 Å². The number of hydrogen-bond acceptors (Lipinski definition) is 3. The Bertz CT molecular complexity index is 412. The van der Waals surface area contributed by atoms with E-state index < -0.39 is 18.4 Å². The number of hydrogen-bond donors (Lipinski definition) is 1. The SMILES string of the molecule is O=C(OCc1ccccc1)N1CCCC(F)C(O)C1. The van der Waals surface area contributed by atoms with E-state index in [2.05, 4.69) is 0 Å². The van der Waals surface area contributed by atoms with Crippen LogP contribution < -0.4 is 0 Å². The molecule has 2 atom stereocenters. The smallest absolute Gasteiger partial charge is 0.410 e. The molecule has 0 saturated carbocycles. The van der Waals surface area contributed by atoms with Gasteiger partial charge in [0.1, 0.15) is 18.9 Å². The Hall–Kier alpha value is -1.62. The van der Waals surface area contributed by atoms with E-state index in [4.69, 9.17) is 4.74 Å². The van der Waals surface area contributed by atoms with Crippen LogP contribution >= 0.6 is 0 Å². The molecule has 0 aliphatic carbocycles. The first-order chi connectivity index (χ1) is 9.16. The Labute approximate surface area is 111 Å². The van der Waals surface area contributed by atoms with Crippen molar-refractivity contribution in [2.75, 3.05) is 13.1 Å². The van der Waals surface area contributed by atoms with Gasteiger partial charge in [-0.3, -0.25) is 0 Å². The Morgan fingerprint density at radius 1 is 1.42 bits per heavy atom. The average molecular weight is 267 g/mol. The van der Waals surface area contributed by atoms with Crippen molar-refractivity contribution in [1.82, 2.24) is 4.90 Å². The van der Waals surface area contributed by atoms with Gasteiger partial charge >= 0.3 is 6.09 Å². The lowest BCUT2D eigenvalue weighted by atomic mass is 10.1. The van der Waals surface area contributed by atoms with Crippen molar-refractivity contribution >= 4 is 6.09 Å². The number of nitrogens with zero attached hydrogens (tertiary/aromatic N) is 1. The molecule has 1 aliphatic heterocycles. The third kappa shape index (κ3) is 3.92. The number of carbonyl (C=O) groups excluding carboxylic acids is 1. The van der Waals surface area contributed by atoms with Gasteiger partial charge in [0.05, 0.1) is 6.54 Å². The molecule has 1 N–H and O–H groups in total. The minimum absolute atomic E-state index is 0.00517. The molecule has 4 nitrogen and oxygen atoms in total. The third-order valence-corrected chi connectivity index (χ3v) is 3.20. The summed E-state index contributed by atoms with van der Waals surface area (Å²) in [5.74, 6) is 0. The van der Waals surface area contributed by atoms with Crippen molar-refractivity contribution in [1.29, 1.82) is 0 Å². The fraction of sp³-hybridized carbons (Fsp3) is 0.500. The van der Waals surface area contributed by atoms with Crippen LogP contribution in [-0.2, 0) is 11.3 Å². The summed E-state index contributed by atoms with van der Waals surface area (Å²) in [6.07, 6.45) is -2.06. The monoisotopic (exact) mass is 267 g/mol. The summed E-state index contributed by atoms with van der Waals surface area (Å²) in [5.41, 5.74) is 0.898. The van der Waals surface area contributed by atoms with Crippen molar-refractivity contribution in [3.8, 4) is 0 Å². The Morgan fingerprint density at radius 2 is 2.16 bits per heavy atom. The number of benzene rings is 1. The molecule has 1 aromatic rings. The summed E-state index contributed by atoms with van der Waals surface area (Å²) in [6, 6.07) is 9.35. The molecule has 1 fully saturated rings. The molecule has 19 heavy (non-hydrogen) atoms. The Kier molecular flexibility index (Phi) is 4.74. The van der Waals surface area contributed by atoms with Gasteiger partial charge in [0.25, 0.3) is 0 Å². The molecule has 5 heteroatoms. The minimum atomic E-state index is -1.26. The van der Waals surface area contributed by atoms with Gasteiger partial charge in [-0.25, -0.2) is 9.18 Å². The Morgan fingerprint density at radius 3 is 2.89 bits per heavy atom. The van der Waals surface area contributed by atoms with Gasteiger partial charge in [0.15, 0.2) is 0 Å². The topological polar surface area (TPSA) is 49.8 Å². The summed E-state index contributed by atoms with van der Waals surface area (Å²) in [6.45, 7) is 0.602. The van der Waals surface area contributed by atoms with Crippen LogP contribution in [0.25, 0.3) is 0 Å². The van der Waals surface area contributed by atoms with Crippen LogP contribution in [0.15, 0.2) is 30.3 Å². The average Bonchev–Trinajstić information content (AvgIpc) is 2.60. The van der Waals surface area contributed by atoms with Crippen molar-refractivity contribution < 1.29 is 19.0 Å². The molecule has 104 valence electrons. The second kappa shape index (κ2) is 6.52. The number of aliphatic hydroxyl groups excluding tert-OH is 1. The van der Waals surface area contributed by atoms with Gasteiger partial charge in [-0.1, -0.05) is 30.3 Å². The van der Waals surface area contributed by atoms with E-state index in [9.17, 15) is 14.3 Å². The van der Waals surface area contributed by atoms with Crippen LogP contribution in [0.2, 0.25) is 0 Å². The highest BCUT2D eigenvalue weighted by Crippen LogP contribution is 2.15. The summed E-state index contributed by atoms with van der Waals surface area (Å²) in [4.78, 5) is 13.2. The summed E-state index contributed by atoms with van der Waals surface area (Å²) in [7, 11) is 0. The number of amides is 1. The zero-order valence-corrected chi connectivity index (χ0v) is 10.7. The van der Waals surface area contributed by atoms with E-state index in [0.717, 1.165) is 5.56 Å². The highest BCUT2D eigenvalue weighted by molar-refractivity contribution is 5.67. The second-order valence-electron chi connectivity index (χ2n) is 4.71. The fourth-order valence-electron chi connectivity index (χ4n) is 2.08. The molecule has 1 aliphatic rings. The maximum absolute atomic E-state index is 13.3. The molecule has 2 rings (SSSR count). The van der Waals surface area contributed by atoms with Crippen LogP contribution in [0, 0.1) is 0 Å². The molecule has 1 saturated heterocycles. The number of halogens is 1. The molecule has 1 aromatic carbocycles. The normalized spacial score (nSPS) is 23.8. The molecule has 0 aromatic heterocycles. The highest BCUT2D eigenvalue weighted by Gasteiger charge is 2.28. The standard InChI is InChI=1S/C14H18FNO3/c15-12-7-4-8-16(9-13(12)17)14(18)19-10-11-5-2-1-3-6-11/h1-3,5-6,12-13,17H,4,7-10H2. The lowest BCUT2D eigenvalue weighted by Crippen LogP contribution is -2.38. The first kappa shape index (κ1) is 13.8. The van der Waals surface area contributed by atoms with Crippen LogP contribution in [0.5, 0.6) is 0 Å². The molecule has 2 unspecified atom stereocenters. The lowest BCUT2D eigenvalue weighted by Gasteiger charge is -2.22. The van der Waals surface area contributed by atoms with E-state index in [0.29, 0.717) is 13.0 Å². The quantitative estimate of drug-likeness (QED) is 0.893. The zero-order valence-electron chi connectivity index (χ0n) is 10.7. The number of β-amino-alcohol motifs (C(OH)–C–C–N with tert-alkyl or cyclic N) is 1. The van der Waals surface area contributed by atoms with Gasteiger partial charge in [0.2, 0.25) is 0 Å². The molecule has 1 heterocycles. The first-order valence-corrected chi connectivity index (χ1v) is 6.44. The maximum Gasteiger partial charge on any atom is 0.410 e. The largest absolute Gasteiger partial charge is 0.445 e. The molecule has 0 spiro atoms. The molecule has 0 bridgehead atoms. The summed E-state index contributed by atoms with van der Waals surface area (Å²) < 4.78 is 18.5. The molecular formula is C14H18FNO3. The van der Waals surface area contributed by atoms with E-state index in [-0.39, 0.29) is 19.6 Å². The van der Waals surface area contributed by atoms with Crippen LogP contribution in [0.1, 0.15) is 18.4 Å². The molecule has 0 radical (unpaired) electrons. The number of carbonyl (C=O) groups is 1. The predicted octanol–water partition coefficient (Wildman–Crippen LogP) is 2.12. The van der Waals surface area contributed by atoms with Gasteiger partial charge in [-0.15, -0.1) is 0 Å². The molecule has 1 amide bonds. The van der Waals surface area contributed by atoms with Crippen molar-refractivity contribution in [2.24, 2.45) is 0 Å². The third-order valence-electron chi connectivity index (χ3n) is 3.20. The Balaban J connectivity index is 1.85. The van der Waals surface area contributed by atoms with Crippen LogP contribution in [0.3, 0.4) is 0 Å². The zero-order chi connectivity index (χ0) is 13.7. The van der Waals surface area contributed by atoms with E-state index in [1.807, 2.05) is 30.3 Å². The minimum Gasteiger partial charge on any atom is -0.445 e. The highest BCUT2D eigenvalue weighted by atomic mass is 19.1. The van der Waals surface area contributed by atoms with Gasteiger partial charge < -0.3 is 14.7 Å². The molecular weight excluding hydrogens is 249 g/mol. The van der Waals surface area contributed by atoms with Gasteiger partial charge in [0, 0.05) is 6.54 Å². The number of likely N-dealkylation sites (tertiary alicyclic amines) is 1. The van der Waals surface area contributed by atoms with E-state index >= 15 is 0 Å². The number of alkyl halides is 1. The summed E-state index contributed by atoms with van der Waals surface area (Å²) >= 11 is 0.